The van der Waals surface area contributed by atoms with Crippen molar-refractivity contribution in [1.82, 2.24) is 24.5 Å². The molecule has 0 radical (unpaired) electrons. The number of likely N-dealkylation sites (tertiary alicyclic amines) is 1. The number of nitrogens with zero attached hydrogens (tertiary/aromatic N) is 5. The lowest BCUT2D eigenvalue weighted by atomic mass is 9.80. The molecule has 232 valence electrons. The van der Waals surface area contributed by atoms with E-state index in [1.165, 1.54) is 0 Å². The van der Waals surface area contributed by atoms with Crippen LogP contribution in [0.5, 0.6) is 0 Å². The molecule has 1 aliphatic carbocycles. The standard InChI is InChI=1S/C32H49N5O5/c1-22-6-8-27(38)19-28(39)31(40)30(23(2)7-9-29(22)42-32(41)36-16-14-35(5)15-17-36)24(3)18-25-20-33-37(21-25)26-10-12-34(4)13-11-26/h7,9,18,20-23,26-27,29-30,38H,6,8,10-17,19H2,1-5H3/b9-7+,24-18+/t22-,23-,27+,29-,30-/m0/s1. The number of piperazine rings is 1. The first-order chi connectivity index (χ1) is 20.0. The summed E-state index contributed by atoms with van der Waals surface area (Å²) in [5.74, 6) is -2.13. The number of likely N-dealkylation sites (N-methyl/N-ethyl adjacent to an activating group) is 1. The zero-order valence-corrected chi connectivity index (χ0v) is 25.9. The Morgan fingerprint density at radius 2 is 1.64 bits per heavy atom. The highest BCUT2D eigenvalue weighted by Gasteiger charge is 2.33. The van der Waals surface area contributed by atoms with Crippen LogP contribution in [0.1, 0.15) is 64.5 Å². The summed E-state index contributed by atoms with van der Waals surface area (Å²) in [5, 5.41) is 15.2. The minimum absolute atomic E-state index is 0.0646. The highest BCUT2D eigenvalue weighted by atomic mass is 16.6. The van der Waals surface area contributed by atoms with Gasteiger partial charge in [-0.2, -0.15) is 5.10 Å². The van der Waals surface area contributed by atoms with Crippen LogP contribution in [-0.2, 0) is 14.3 Å². The molecule has 1 aromatic rings. The minimum Gasteiger partial charge on any atom is -0.442 e. The van der Waals surface area contributed by atoms with Crippen molar-refractivity contribution < 1.29 is 24.2 Å². The predicted molar refractivity (Wildman–Crippen MR) is 162 cm³/mol. The Morgan fingerprint density at radius 1 is 0.976 bits per heavy atom. The van der Waals surface area contributed by atoms with E-state index in [1.807, 2.05) is 63.1 Å². The fraction of sp³-hybridized carbons (Fsp3) is 0.688. The number of rotatable bonds is 4. The molecule has 1 amide bonds. The van der Waals surface area contributed by atoms with Crippen molar-refractivity contribution in [3.8, 4) is 0 Å². The number of amides is 1. The van der Waals surface area contributed by atoms with Crippen molar-refractivity contribution >= 4 is 23.7 Å². The molecule has 4 rings (SSSR count). The molecule has 0 unspecified atom stereocenters. The van der Waals surface area contributed by atoms with Gasteiger partial charge in [0.1, 0.15) is 6.10 Å². The van der Waals surface area contributed by atoms with Gasteiger partial charge in [0.05, 0.1) is 24.3 Å². The molecule has 2 aliphatic heterocycles. The highest BCUT2D eigenvalue weighted by Crippen LogP contribution is 2.29. The Balaban J connectivity index is 1.55. The van der Waals surface area contributed by atoms with Gasteiger partial charge < -0.3 is 24.5 Å². The molecule has 1 aromatic heterocycles. The van der Waals surface area contributed by atoms with Crippen LogP contribution >= 0.6 is 0 Å². The molecular weight excluding hydrogens is 534 g/mol. The van der Waals surface area contributed by atoms with Crippen LogP contribution < -0.4 is 0 Å². The zero-order valence-electron chi connectivity index (χ0n) is 25.9. The van der Waals surface area contributed by atoms with E-state index in [9.17, 15) is 19.5 Å². The van der Waals surface area contributed by atoms with Gasteiger partial charge in [0.15, 0.2) is 0 Å². The van der Waals surface area contributed by atoms with Gasteiger partial charge >= 0.3 is 6.09 Å². The first-order valence-electron chi connectivity index (χ1n) is 15.5. The van der Waals surface area contributed by atoms with Crippen LogP contribution in [0.4, 0.5) is 4.79 Å². The Hall–Kier alpha value is -2.82. The summed E-state index contributed by atoms with van der Waals surface area (Å²) in [6.45, 7) is 10.7. The molecule has 10 nitrogen and oxygen atoms in total. The summed E-state index contributed by atoms with van der Waals surface area (Å²) in [4.78, 5) is 45.8. The van der Waals surface area contributed by atoms with Gasteiger partial charge in [-0.3, -0.25) is 14.3 Å². The molecule has 3 aliphatic rings. The van der Waals surface area contributed by atoms with Gasteiger partial charge in [-0.25, -0.2) is 4.79 Å². The van der Waals surface area contributed by atoms with E-state index in [4.69, 9.17) is 4.74 Å². The fourth-order valence-corrected chi connectivity index (χ4v) is 6.23. The number of aromatic nitrogens is 2. The number of ether oxygens (including phenoxy) is 1. The van der Waals surface area contributed by atoms with Crippen LogP contribution in [0.3, 0.4) is 0 Å². The van der Waals surface area contributed by atoms with Crippen molar-refractivity contribution in [3.63, 3.8) is 0 Å². The summed E-state index contributed by atoms with van der Waals surface area (Å²) in [5.41, 5.74) is 1.65. The van der Waals surface area contributed by atoms with E-state index >= 15 is 0 Å². The zero-order chi connectivity index (χ0) is 30.4. The largest absolute Gasteiger partial charge is 0.442 e. The highest BCUT2D eigenvalue weighted by molar-refractivity contribution is 6.38. The number of carbonyl (C=O) groups is 3. The van der Waals surface area contributed by atoms with E-state index in [1.54, 1.807) is 4.90 Å². The quantitative estimate of drug-likeness (QED) is 0.424. The maximum atomic E-state index is 13.5. The van der Waals surface area contributed by atoms with Crippen molar-refractivity contribution in [3.05, 3.63) is 35.7 Å². The fourth-order valence-electron chi connectivity index (χ4n) is 6.23. The smallest absolute Gasteiger partial charge is 0.410 e. The lowest BCUT2D eigenvalue weighted by molar-refractivity contribution is -0.140. The van der Waals surface area contributed by atoms with E-state index < -0.39 is 29.7 Å². The molecule has 3 heterocycles. The van der Waals surface area contributed by atoms with Gasteiger partial charge in [0, 0.05) is 44.4 Å². The summed E-state index contributed by atoms with van der Waals surface area (Å²) in [6, 6.07) is 0.351. The molecule has 0 spiro atoms. The molecule has 0 aromatic carbocycles. The number of hydrogen-bond acceptors (Lipinski definition) is 8. The van der Waals surface area contributed by atoms with Gasteiger partial charge in [-0.05, 0) is 77.7 Å². The Labute approximate surface area is 250 Å². The molecule has 2 saturated heterocycles. The monoisotopic (exact) mass is 583 g/mol. The lowest BCUT2D eigenvalue weighted by Crippen LogP contribution is -2.48. The van der Waals surface area contributed by atoms with E-state index in [2.05, 4.69) is 21.9 Å². The van der Waals surface area contributed by atoms with E-state index in [-0.39, 0.29) is 24.3 Å². The SMILES string of the molecule is C/C(=C\c1cnn(C2CCN(C)CC2)c1)[C@H]1C(=O)C(=O)C[C@H](O)CC[C@H](C)[C@@H](OC(=O)N2CCN(C)CC2)/C=C/[C@@H]1C. The first-order valence-corrected chi connectivity index (χ1v) is 15.5. The Kier molecular flexibility index (Phi) is 11.1. The van der Waals surface area contributed by atoms with Crippen LogP contribution in [0.25, 0.3) is 6.08 Å². The average molecular weight is 584 g/mol. The lowest BCUT2D eigenvalue weighted by Gasteiger charge is -2.33. The number of Topliss-reactive ketones (excluding diaryl/α,β-unsaturated/α-hetero) is 2. The molecular formula is C32H49N5O5. The van der Waals surface area contributed by atoms with E-state index in [0.717, 1.165) is 50.2 Å². The second kappa shape index (κ2) is 14.6. The third-order valence-corrected chi connectivity index (χ3v) is 9.19. The van der Waals surface area contributed by atoms with Crippen LogP contribution in [0, 0.1) is 17.8 Å². The predicted octanol–water partition coefficient (Wildman–Crippen LogP) is 3.43. The van der Waals surface area contributed by atoms with Gasteiger partial charge in [-0.15, -0.1) is 0 Å². The molecule has 0 saturated carbocycles. The molecule has 2 fully saturated rings. The topological polar surface area (TPSA) is 108 Å². The summed E-state index contributed by atoms with van der Waals surface area (Å²) >= 11 is 0. The number of hydrogen-bond donors (Lipinski definition) is 1. The van der Waals surface area contributed by atoms with Crippen molar-refractivity contribution in [2.75, 3.05) is 53.4 Å². The summed E-state index contributed by atoms with van der Waals surface area (Å²) in [6.07, 6.45) is 10.6. The van der Waals surface area contributed by atoms with Crippen molar-refractivity contribution in [1.29, 1.82) is 0 Å². The second-order valence-electron chi connectivity index (χ2n) is 12.7. The number of ketones is 2. The van der Waals surface area contributed by atoms with E-state index in [0.29, 0.717) is 32.0 Å². The Bertz CT molecular complexity index is 1150. The number of aliphatic hydroxyl groups excluding tert-OH is 1. The summed E-state index contributed by atoms with van der Waals surface area (Å²) in [7, 11) is 4.17. The second-order valence-corrected chi connectivity index (χ2v) is 12.7. The maximum Gasteiger partial charge on any atom is 0.410 e. The summed E-state index contributed by atoms with van der Waals surface area (Å²) < 4.78 is 8.01. The minimum atomic E-state index is -0.922. The first kappa shape index (κ1) is 32.1. The molecule has 10 heteroatoms. The average Bonchev–Trinajstić information content (AvgIpc) is 3.42. The third kappa shape index (κ3) is 8.39. The number of carbonyl (C=O) groups excluding carboxylic acids is 3. The van der Waals surface area contributed by atoms with Gasteiger partial charge in [0.2, 0.25) is 11.6 Å². The molecule has 5 atom stereocenters. The maximum absolute atomic E-state index is 13.5. The Morgan fingerprint density at radius 3 is 2.33 bits per heavy atom. The number of piperidine rings is 1. The molecule has 42 heavy (non-hydrogen) atoms. The van der Waals surface area contributed by atoms with Crippen molar-refractivity contribution in [2.45, 2.75) is 71.1 Å². The third-order valence-electron chi connectivity index (χ3n) is 9.19. The molecule has 1 N–H and O–H groups in total. The van der Waals surface area contributed by atoms with Crippen LogP contribution in [-0.4, -0.2) is 113 Å². The normalized spacial score (nSPS) is 31.0. The van der Waals surface area contributed by atoms with Crippen LogP contribution in [0.2, 0.25) is 0 Å². The van der Waals surface area contributed by atoms with Gasteiger partial charge in [0.25, 0.3) is 0 Å². The number of aliphatic hydroxyl groups is 1. The van der Waals surface area contributed by atoms with Crippen LogP contribution in [0.15, 0.2) is 30.1 Å². The van der Waals surface area contributed by atoms with Crippen molar-refractivity contribution in [2.24, 2.45) is 17.8 Å². The number of allylic oxidation sites excluding steroid dienone is 2. The molecule has 0 bridgehead atoms. The van der Waals surface area contributed by atoms with Gasteiger partial charge in [-0.1, -0.05) is 31.6 Å².